The van der Waals surface area contributed by atoms with E-state index in [0.717, 1.165) is 10.9 Å². The van der Waals surface area contributed by atoms with Crippen molar-refractivity contribution < 1.29 is 35.1 Å². The molecule has 0 saturated heterocycles. The zero-order valence-electron chi connectivity index (χ0n) is 14.4. The first-order valence-electron chi connectivity index (χ1n) is 7.73. The topological polar surface area (TPSA) is 83.1 Å². The van der Waals surface area contributed by atoms with Crippen molar-refractivity contribution in [3.63, 3.8) is 0 Å². The van der Waals surface area contributed by atoms with Gasteiger partial charge in [-0.05, 0) is 30.7 Å². The zero-order chi connectivity index (χ0) is 18.7. The summed E-state index contributed by atoms with van der Waals surface area (Å²) in [5.41, 5.74) is 1.74. The standard InChI is InChI=1S/C17H17F2N5O2.Co/c1-10-3-6-22-16(26-17(18)19)14(10)23-15-11-5-8-24(9-13(25)20-2)12(11)4-7-21-15;/h3-8,17H,9H2,1-2H3,(H2,20,21,23,25);/p-1. The van der Waals surface area contributed by atoms with Gasteiger partial charge in [0, 0.05) is 40.8 Å². The number of fused-ring (bicyclic) bond motifs is 1. The summed E-state index contributed by atoms with van der Waals surface area (Å²) < 4.78 is 31.5. The van der Waals surface area contributed by atoms with Crippen LogP contribution in [0.1, 0.15) is 5.56 Å². The smallest absolute Gasteiger partial charge is 0.388 e. The Bertz CT molecular complexity index is 948. The Morgan fingerprint density at radius 3 is 2.74 bits per heavy atom. The molecular weight excluding hydrogens is 403 g/mol. The van der Waals surface area contributed by atoms with E-state index in [1.54, 1.807) is 42.1 Å². The number of aryl methyl sites for hydroxylation is 1. The molecule has 0 fully saturated rings. The van der Waals surface area contributed by atoms with E-state index in [1.165, 1.54) is 13.2 Å². The number of carbonyl (C=O) groups is 1. The second-order valence-corrected chi connectivity index (χ2v) is 5.46. The second-order valence-electron chi connectivity index (χ2n) is 5.46. The molecule has 3 heterocycles. The summed E-state index contributed by atoms with van der Waals surface area (Å²) in [5.74, 6) is -0.0277. The number of likely N-dealkylation sites (N-methyl/N-ethyl adjacent to an activating group) is 1. The molecule has 0 unspecified atom stereocenters. The third kappa shape index (κ3) is 4.52. The summed E-state index contributed by atoms with van der Waals surface area (Å²) in [6.45, 7) is -1.14. The molecule has 0 saturated carbocycles. The number of carbonyl (C=O) groups excluding carboxylic acids is 1. The predicted molar refractivity (Wildman–Crippen MR) is 92.9 cm³/mol. The normalized spacial score (nSPS) is 10.6. The molecule has 0 atom stereocenters. The van der Waals surface area contributed by atoms with Gasteiger partial charge in [0.25, 0.3) is 0 Å². The van der Waals surface area contributed by atoms with E-state index in [1.807, 2.05) is 0 Å². The molecule has 1 amide bonds. The Hall–Kier alpha value is -2.72. The monoisotopic (exact) mass is 419 g/mol. The second kappa shape index (κ2) is 8.78. The van der Waals surface area contributed by atoms with Crippen LogP contribution in [0.15, 0.2) is 36.8 Å². The van der Waals surface area contributed by atoms with Gasteiger partial charge in [0.05, 0.1) is 18.0 Å². The van der Waals surface area contributed by atoms with Crippen LogP contribution in [0.2, 0.25) is 0 Å². The van der Waals surface area contributed by atoms with Gasteiger partial charge >= 0.3 is 6.61 Å². The molecule has 3 aromatic heterocycles. The Kier molecular flexibility index (Phi) is 6.69. The minimum Gasteiger partial charge on any atom is -0.654 e. The summed E-state index contributed by atoms with van der Waals surface area (Å²) in [7, 11) is 1.44. The first kappa shape index (κ1) is 20.6. The average molecular weight is 419 g/mol. The van der Waals surface area contributed by atoms with Crippen LogP contribution in [-0.2, 0) is 28.1 Å². The van der Waals surface area contributed by atoms with Crippen LogP contribution in [0.25, 0.3) is 16.2 Å². The number of halogens is 2. The molecule has 3 rings (SSSR count). The Morgan fingerprint density at radius 1 is 1.30 bits per heavy atom. The number of amides is 1. The fraction of sp³-hybridized carbons (Fsp3) is 0.235. The third-order valence-corrected chi connectivity index (χ3v) is 3.82. The fourth-order valence-electron chi connectivity index (χ4n) is 2.55. The Morgan fingerprint density at radius 2 is 2.04 bits per heavy atom. The van der Waals surface area contributed by atoms with Gasteiger partial charge < -0.3 is 24.7 Å². The number of pyridine rings is 2. The van der Waals surface area contributed by atoms with Crippen molar-refractivity contribution in [2.45, 2.75) is 20.1 Å². The first-order chi connectivity index (χ1) is 12.5. The number of anilines is 2. The van der Waals surface area contributed by atoms with Crippen molar-refractivity contribution in [3.05, 3.63) is 47.7 Å². The molecule has 0 aliphatic carbocycles. The van der Waals surface area contributed by atoms with Crippen LogP contribution >= 0.6 is 0 Å². The van der Waals surface area contributed by atoms with Gasteiger partial charge in [-0.15, -0.1) is 7.05 Å². The summed E-state index contributed by atoms with van der Waals surface area (Å²) in [4.78, 5) is 19.7. The van der Waals surface area contributed by atoms with Crippen LogP contribution in [0.4, 0.5) is 20.3 Å². The van der Waals surface area contributed by atoms with Gasteiger partial charge in [-0.2, -0.15) is 8.78 Å². The van der Waals surface area contributed by atoms with Crippen LogP contribution in [0, 0.1) is 6.92 Å². The van der Waals surface area contributed by atoms with Gasteiger partial charge in [-0.1, -0.05) is 0 Å². The number of hydrogen-bond donors (Lipinski definition) is 1. The quantitative estimate of drug-likeness (QED) is 0.660. The summed E-state index contributed by atoms with van der Waals surface area (Å²) in [6.07, 6.45) is 4.70. The van der Waals surface area contributed by atoms with E-state index in [0.29, 0.717) is 17.1 Å². The van der Waals surface area contributed by atoms with Gasteiger partial charge in [0.15, 0.2) is 0 Å². The zero-order valence-corrected chi connectivity index (χ0v) is 15.5. The molecule has 0 aliphatic rings. The molecule has 1 radical (unpaired) electrons. The Balaban J connectivity index is 0.00000261. The van der Waals surface area contributed by atoms with Crippen LogP contribution in [0.5, 0.6) is 5.88 Å². The van der Waals surface area contributed by atoms with Crippen molar-refractivity contribution in [1.29, 1.82) is 0 Å². The molecule has 0 bridgehead atoms. The van der Waals surface area contributed by atoms with E-state index in [-0.39, 0.29) is 35.1 Å². The van der Waals surface area contributed by atoms with Crippen molar-refractivity contribution in [2.75, 3.05) is 12.4 Å². The van der Waals surface area contributed by atoms with E-state index in [9.17, 15) is 13.6 Å². The van der Waals surface area contributed by atoms with Crippen molar-refractivity contribution in [1.82, 2.24) is 14.5 Å². The molecule has 10 heteroatoms. The van der Waals surface area contributed by atoms with Crippen LogP contribution < -0.4 is 10.1 Å². The van der Waals surface area contributed by atoms with E-state index in [2.05, 4.69) is 25.3 Å². The molecule has 27 heavy (non-hydrogen) atoms. The van der Waals surface area contributed by atoms with Gasteiger partial charge in [0.2, 0.25) is 5.88 Å². The van der Waals surface area contributed by atoms with Gasteiger partial charge in [-0.25, -0.2) is 9.97 Å². The molecule has 0 aromatic carbocycles. The minimum atomic E-state index is -2.99. The number of ether oxygens (including phenoxy) is 1. The summed E-state index contributed by atoms with van der Waals surface area (Å²) in [6, 6.07) is 5.22. The maximum atomic E-state index is 12.6. The van der Waals surface area contributed by atoms with E-state index >= 15 is 0 Å². The number of alkyl halides is 2. The Labute approximate surface area is 164 Å². The maximum absolute atomic E-state index is 12.6. The number of nitrogens with one attached hydrogen (secondary N) is 1. The van der Waals surface area contributed by atoms with Gasteiger partial charge in [-0.3, -0.25) is 0 Å². The van der Waals surface area contributed by atoms with Crippen molar-refractivity contribution in [2.24, 2.45) is 0 Å². The average Bonchev–Trinajstić information content (AvgIpc) is 3.01. The molecule has 0 aliphatic heterocycles. The number of aromatic nitrogens is 3. The SMILES string of the molecule is C[N-]C(=O)Cn1ccc2c(Nc3c(C)ccnc3OC(F)F)nccc21.[Co]. The molecule has 7 nitrogen and oxygen atoms in total. The van der Waals surface area contributed by atoms with Crippen LogP contribution in [0.3, 0.4) is 0 Å². The third-order valence-electron chi connectivity index (χ3n) is 3.82. The largest absolute Gasteiger partial charge is 0.654 e. The number of hydrogen-bond acceptors (Lipinski definition) is 5. The molecule has 1 N–H and O–H groups in total. The molecule has 3 aromatic rings. The van der Waals surface area contributed by atoms with E-state index in [4.69, 9.17) is 0 Å². The molecule has 0 spiro atoms. The minimum absolute atomic E-state index is 0. The molecular formula is C17H16CoF2N5O2-. The van der Waals surface area contributed by atoms with Crippen LogP contribution in [-0.4, -0.2) is 34.1 Å². The number of rotatable bonds is 6. The van der Waals surface area contributed by atoms with E-state index < -0.39 is 6.61 Å². The predicted octanol–water partition coefficient (Wildman–Crippen LogP) is 3.61. The number of nitrogens with zero attached hydrogens (tertiary/aromatic N) is 4. The first-order valence-corrected chi connectivity index (χ1v) is 7.73. The van der Waals surface area contributed by atoms with Gasteiger partial charge in [0.1, 0.15) is 11.5 Å². The fourth-order valence-corrected chi connectivity index (χ4v) is 2.55. The maximum Gasteiger partial charge on any atom is 0.388 e. The molecule has 145 valence electrons. The van der Waals surface area contributed by atoms with Crippen molar-refractivity contribution in [3.8, 4) is 5.88 Å². The van der Waals surface area contributed by atoms with Crippen molar-refractivity contribution >= 4 is 28.3 Å². The summed E-state index contributed by atoms with van der Waals surface area (Å²) >= 11 is 0. The summed E-state index contributed by atoms with van der Waals surface area (Å²) in [5, 5.41) is 7.37.